The first-order valence-corrected chi connectivity index (χ1v) is 15.3. The van der Waals surface area contributed by atoms with Crippen molar-refractivity contribution in [2.24, 2.45) is 5.92 Å². The van der Waals surface area contributed by atoms with E-state index in [2.05, 4.69) is 16.0 Å². The maximum absolute atomic E-state index is 13.5. The van der Waals surface area contributed by atoms with E-state index in [-0.39, 0.29) is 36.3 Å². The van der Waals surface area contributed by atoms with E-state index in [0.29, 0.717) is 55.3 Å². The average Bonchev–Trinajstić information content (AvgIpc) is 3.69. The molecule has 14 heteroatoms. The highest BCUT2D eigenvalue weighted by molar-refractivity contribution is 6.38. The van der Waals surface area contributed by atoms with Crippen molar-refractivity contribution in [1.82, 2.24) is 20.9 Å². The zero-order valence-electron chi connectivity index (χ0n) is 25.0. The Bertz CT molecular complexity index is 1440. The monoisotopic (exact) mass is 662 g/mol. The van der Waals surface area contributed by atoms with Gasteiger partial charge < -0.3 is 35.1 Å². The summed E-state index contributed by atoms with van der Waals surface area (Å²) in [6.45, 7) is 0.516. The van der Waals surface area contributed by atoms with E-state index in [1.807, 2.05) is 0 Å². The molecule has 12 nitrogen and oxygen atoms in total. The van der Waals surface area contributed by atoms with Crippen LogP contribution >= 0.6 is 23.2 Å². The predicted molar refractivity (Wildman–Crippen MR) is 166 cm³/mol. The van der Waals surface area contributed by atoms with Crippen LogP contribution in [0.5, 0.6) is 17.2 Å². The Hall–Kier alpha value is -4.03. The van der Waals surface area contributed by atoms with Crippen LogP contribution in [0.2, 0.25) is 10.0 Å². The van der Waals surface area contributed by atoms with Crippen LogP contribution < -0.4 is 30.2 Å². The van der Waals surface area contributed by atoms with E-state index in [1.165, 1.54) is 18.1 Å². The van der Waals surface area contributed by atoms with E-state index in [4.69, 9.17) is 37.4 Å². The van der Waals surface area contributed by atoms with Crippen molar-refractivity contribution in [2.75, 3.05) is 40.5 Å². The first-order valence-electron chi connectivity index (χ1n) is 14.6. The lowest BCUT2D eigenvalue weighted by molar-refractivity contribution is -0.143. The number of rotatable bonds is 14. The van der Waals surface area contributed by atoms with E-state index < -0.39 is 41.5 Å². The van der Waals surface area contributed by atoms with Gasteiger partial charge in [0.2, 0.25) is 17.6 Å². The van der Waals surface area contributed by atoms with Crippen molar-refractivity contribution in [3.05, 3.63) is 52.0 Å². The summed E-state index contributed by atoms with van der Waals surface area (Å²) in [7, 11) is 3.06. The summed E-state index contributed by atoms with van der Waals surface area (Å²) in [6, 6.07) is 7.76. The Kier molecular flexibility index (Phi) is 11.9. The first kappa shape index (κ1) is 33.9. The fourth-order valence-corrected chi connectivity index (χ4v) is 5.88. The van der Waals surface area contributed by atoms with Crippen LogP contribution in [-0.4, -0.2) is 86.9 Å². The molecular weight excluding hydrogens is 627 g/mol. The standard InChI is InChI=1S/C31H36Cl2N4O8/c1-43-21-7-5-18(26(16-21)44-2)9-11-35-31(42)28(39)23(14-19-10-12-34-29(19)40)36-30(41)24-4-3-13-37(24)27(38)17-45-25-8-6-20(32)15-22(25)33/h5-8,15-16,19,23-24H,3-4,9-14,17H2,1-2H3,(H,34,40)(H,35,42)(H,36,41)/t19-,23-,24-/m0/s1. The van der Waals surface area contributed by atoms with Crippen molar-refractivity contribution in [1.29, 1.82) is 0 Å². The molecule has 242 valence electrons. The van der Waals surface area contributed by atoms with Gasteiger partial charge in [0, 0.05) is 36.6 Å². The summed E-state index contributed by atoms with van der Waals surface area (Å²) < 4.78 is 16.2. The molecule has 0 unspecified atom stereocenters. The number of ketones is 1. The Morgan fingerprint density at radius 1 is 1.04 bits per heavy atom. The van der Waals surface area contributed by atoms with Crippen LogP contribution in [0.1, 0.15) is 31.2 Å². The zero-order chi connectivity index (χ0) is 32.5. The van der Waals surface area contributed by atoms with Crippen LogP contribution in [0.4, 0.5) is 0 Å². The Balaban J connectivity index is 1.38. The summed E-state index contributed by atoms with van der Waals surface area (Å²) in [5.74, 6) is -2.12. The van der Waals surface area contributed by atoms with Gasteiger partial charge in [0.15, 0.2) is 6.61 Å². The molecule has 0 aromatic heterocycles. The molecule has 2 aromatic rings. The van der Waals surface area contributed by atoms with Crippen molar-refractivity contribution in [3.8, 4) is 17.2 Å². The second-order valence-corrected chi connectivity index (χ2v) is 11.6. The molecule has 4 amide bonds. The maximum atomic E-state index is 13.5. The molecule has 45 heavy (non-hydrogen) atoms. The third kappa shape index (κ3) is 8.79. The molecule has 0 radical (unpaired) electrons. The molecule has 2 aliphatic rings. The summed E-state index contributed by atoms with van der Waals surface area (Å²) >= 11 is 12.0. The fraction of sp³-hybridized carbons (Fsp3) is 0.452. The lowest BCUT2D eigenvalue weighted by Crippen LogP contribution is -2.54. The average molecular weight is 664 g/mol. The van der Waals surface area contributed by atoms with Gasteiger partial charge in [-0.1, -0.05) is 29.3 Å². The quantitative estimate of drug-likeness (QED) is 0.261. The van der Waals surface area contributed by atoms with Crippen LogP contribution in [0.3, 0.4) is 0 Å². The minimum atomic E-state index is -1.26. The summed E-state index contributed by atoms with van der Waals surface area (Å²) in [6.07, 6.45) is 1.71. The number of Topliss-reactive ketones (excluding diaryl/α,β-unsaturated/α-hetero) is 1. The van der Waals surface area contributed by atoms with Crippen molar-refractivity contribution in [2.45, 2.75) is 44.2 Å². The number of hydrogen-bond acceptors (Lipinski definition) is 8. The highest BCUT2D eigenvalue weighted by Crippen LogP contribution is 2.28. The molecule has 0 spiro atoms. The lowest BCUT2D eigenvalue weighted by Gasteiger charge is -2.27. The molecule has 0 aliphatic carbocycles. The van der Waals surface area contributed by atoms with Gasteiger partial charge in [-0.05, 0) is 61.9 Å². The summed E-state index contributed by atoms with van der Waals surface area (Å²) in [5.41, 5.74) is 0.798. The maximum Gasteiger partial charge on any atom is 0.289 e. The molecule has 3 atom stereocenters. The van der Waals surface area contributed by atoms with Gasteiger partial charge in [0.05, 0.1) is 25.3 Å². The van der Waals surface area contributed by atoms with E-state index in [1.54, 1.807) is 37.4 Å². The van der Waals surface area contributed by atoms with E-state index >= 15 is 0 Å². The number of carbonyl (C=O) groups excluding carboxylic acids is 5. The number of halogens is 2. The molecule has 2 heterocycles. The third-order valence-corrected chi connectivity index (χ3v) is 8.37. The number of nitrogens with one attached hydrogen (secondary N) is 3. The Labute approximate surface area is 271 Å². The second kappa shape index (κ2) is 15.8. The minimum absolute atomic E-state index is 0.0467. The van der Waals surface area contributed by atoms with Gasteiger partial charge in [-0.25, -0.2) is 0 Å². The van der Waals surface area contributed by atoms with Crippen LogP contribution in [0.15, 0.2) is 36.4 Å². The van der Waals surface area contributed by atoms with Crippen molar-refractivity contribution >= 4 is 52.6 Å². The van der Waals surface area contributed by atoms with Gasteiger partial charge >= 0.3 is 0 Å². The van der Waals surface area contributed by atoms with E-state index in [0.717, 1.165) is 5.56 Å². The van der Waals surface area contributed by atoms with Crippen molar-refractivity contribution < 1.29 is 38.2 Å². The number of carbonyl (C=O) groups is 5. The zero-order valence-corrected chi connectivity index (χ0v) is 26.5. The van der Waals surface area contributed by atoms with E-state index in [9.17, 15) is 24.0 Å². The SMILES string of the molecule is COc1ccc(CCNC(=O)C(=O)[C@H](C[C@@H]2CCNC2=O)NC(=O)[C@@H]2CCCN2C(=O)COc2ccc(Cl)cc2Cl)c(OC)c1. The number of ether oxygens (including phenoxy) is 3. The smallest absolute Gasteiger partial charge is 0.289 e. The molecule has 0 saturated carbocycles. The molecule has 3 N–H and O–H groups in total. The molecule has 2 aliphatic heterocycles. The van der Waals surface area contributed by atoms with Crippen molar-refractivity contribution in [3.63, 3.8) is 0 Å². The number of benzene rings is 2. The molecule has 0 bridgehead atoms. The van der Waals surface area contributed by atoms with Gasteiger partial charge in [0.25, 0.3) is 11.8 Å². The highest BCUT2D eigenvalue weighted by Gasteiger charge is 2.39. The topological polar surface area (TPSA) is 152 Å². The minimum Gasteiger partial charge on any atom is -0.497 e. The predicted octanol–water partition coefficient (Wildman–Crippen LogP) is 2.32. The van der Waals surface area contributed by atoms with Crippen LogP contribution in [0, 0.1) is 5.92 Å². The lowest BCUT2D eigenvalue weighted by atomic mass is 9.95. The fourth-order valence-electron chi connectivity index (χ4n) is 5.42. The largest absolute Gasteiger partial charge is 0.497 e. The number of likely N-dealkylation sites (tertiary alicyclic amines) is 1. The molecule has 2 saturated heterocycles. The first-order chi connectivity index (χ1) is 21.6. The molecular formula is C31H36Cl2N4O8. The Morgan fingerprint density at radius 2 is 1.84 bits per heavy atom. The number of nitrogens with zero attached hydrogens (tertiary/aromatic N) is 1. The number of methoxy groups -OCH3 is 2. The molecule has 4 rings (SSSR count). The van der Waals surface area contributed by atoms with Crippen LogP contribution in [0.25, 0.3) is 0 Å². The summed E-state index contributed by atoms with van der Waals surface area (Å²) in [4.78, 5) is 66.5. The van der Waals surface area contributed by atoms with Gasteiger partial charge in [-0.15, -0.1) is 0 Å². The molecule has 2 fully saturated rings. The van der Waals surface area contributed by atoms with Crippen LogP contribution in [-0.2, 0) is 30.4 Å². The normalized spacial score (nSPS) is 18.1. The number of amides is 4. The second-order valence-electron chi connectivity index (χ2n) is 10.7. The Morgan fingerprint density at radius 3 is 2.53 bits per heavy atom. The third-order valence-electron chi connectivity index (χ3n) is 7.83. The highest BCUT2D eigenvalue weighted by atomic mass is 35.5. The van der Waals surface area contributed by atoms with Gasteiger partial charge in [0.1, 0.15) is 23.3 Å². The van der Waals surface area contributed by atoms with Gasteiger partial charge in [-0.3, -0.25) is 24.0 Å². The van der Waals surface area contributed by atoms with Gasteiger partial charge in [-0.2, -0.15) is 0 Å². The number of hydrogen-bond donors (Lipinski definition) is 3. The summed E-state index contributed by atoms with van der Waals surface area (Å²) in [5, 5.41) is 8.65. The molecule has 2 aromatic carbocycles.